The Morgan fingerprint density at radius 1 is 1.53 bits per heavy atom. The van der Waals surface area contributed by atoms with Crippen LogP contribution in [-0.2, 0) is 11.8 Å². The van der Waals surface area contributed by atoms with Crippen molar-refractivity contribution in [1.82, 2.24) is 9.78 Å². The quantitative estimate of drug-likeness (QED) is 0.785. The van der Waals surface area contributed by atoms with Crippen molar-refractivity contribution in [1.29, 1.82) is 0 Å². The van der Waals surface area contributed by atoms with Crippen LogP contribution in [0.4, 0.5) is 11.5 Å². The number of amides is 1. The first-order chi connectivity index (χ1) is 7.13. The van der Waals surface area contributed by atoms with Gasteiger partial charge in [-0.25, -0.2) is 0 Å². The lowest BCUT2D eigenvalue weighted by Crippen LogP contribution is -2.39. The molecule has 0 saturated heterocycles. The van der Waals surface area contributed by atoms with E-state index in [4.69, 9.17) is 0 Å². The average molecular weight is 208 g/mol. The van der Waals surface area contributed by atoms with E-state index in [1.807, 2.05) is 18.7 Å². The number of carbonyl (C=O) groups is 1. The maximum atomic E-state index is 11.5. The summed E-state index contributed by atoms with van der Waals surface area (Å²) in [6, 6.07) is 0. The lowest BCUT2D eigenvalue weighted by atomic mass is 10.2. The SMILES string of the molecule is CCCN1CC(=O)Nc2c(C)nn(C)c21. The van der Waals surface area contributed by atoms with Crippen molar-refractivity contribution in [2.45, 2.75) is 20.3 Å². The number of nitrogens with zero attached hydrogens (tertiary/aromatic N) is 3. The van der Waals surface area contributed by atoms with Crippen molar-refractivity contribution in [2.24, 2.45) is 7.05 Å². The molecule has 0 aliphatic carbocycles. The van der Waals surface area contributed by atoms with Gasteiger partial charge < -0.3 is 10.2 Å². The van der Waals surface area contributed by atoms with E-state index in [-0.39, 0.29) is 5.91 Å². The van der Waals surface area contributed by atoms with Gasteiger partial charge in [0, 0.05) is 13.6 Å². The van der Waals surface area contributed by atoms with E-state index in [1.165, 1.54) is 0 Å². The summed E-state index contributed by atoms with van der Waals surface area (Å²) in [5, 5.41) is 7.19. The highest BCUT2D eigenvalue weighted by Crippen LogP contribution is 2.31. The van der Waals surface area contributed by atoms with Gasteiger partial charge in [0.15, 0.2) is 5.82 Å². The smallest absolute Gasteiger partial charge is 0.244 e. The Morgan fingerprint density at radius 2 is 2.27 bits per heavy atom. The van der Waals surface area contributed by atoms with Crippen LogP contribution >= 0.6 is 0 Å². The molecule has 0 unspecified atom stereocenters. The van der Waals surface area contributed by atoms with E-state index in [0.29, 0.717) is 6.54 Å². The second-order valence-corrected chi connectivity index (χ2v) is 3.88. The highest BCUT2D eigenvalue weighted by molar-refractivity contribution is 6.01. The van der Waals surface area contributed by atoms with Gasteiger partial charge in [0.2, 0.25) is 5.91 Å². The van der Waals surface area contributed by atoms with Crippen LogP contribution in [0.1, 0.15) is 19.0 Å². The summed E-state index contributed by atoms with van der Waals surface area (Å²) in [5.41, 5.74) is 1.74. The van der Waals surface area contributed by atoms with Gasteiger partial charge in [0.25, 0.3) is 0 Å². The molecule has 0 saturated carbocycles. The minimum Gasteiger partial charge on any atom is -0.346 e. The molecule has 15 heavy (non-hydrogen) atoms. The lowest BCUT2D eigenvalue weighted by molar-refractivity contribution is -0.115. The summed E-state index contributed by atoms with van der Waals surface area (Å²) in [6.45, 7) is 5.34. The van der Waals surface area contributed by atoms with E-state index >= 15 is 0 Å². The molecule has 0 radical (unpaired) electrons. The summed E-state index contributed by atoms with van der Waals surface area (Å²) >= 11 is 0. The molecule has 1 aromatic rings. The predicted octanol–water partition coefficient (Wildman–Crippen LogP) is 0.897. The monoisotopic (exact) mass is 208 g/mol. The van der Waals surface area contributed by atoms with Gasteiger partial charge in [-0.15, -0.1) is 0 Å². The molecule has 0 atom stereocenters. The van der Waals surface area contributed by atoms with Crippen LogP contribution in [0.15, 0.2) is 0 Å². The molecule has 1 aliphatic rings. The Bertz CT molecular complexity index is 396. The second kappa shape index (κ2) is 3.56. The van der Waals surface area contributed by atoms with Crippen molar-refractivity contribution in [3.05, 3.63) is 5.69 Å². The summed E-state index contributed by atoms with van der Waals surface area (Å²) in [4.78, 5) is 13.6. The molecule has 0 bridgehead atoms. The van der Waals surface area contributed by atoms with Crippen LogP contribution in [0.3, 0.4) is 0 Å². The van der Waals surface area contributed by atoms with Crippen LogP contribution < -0.4 is 10.2 Å². The van der Waals surface area contributed by atoms with E-state index in [1.54, 1.807) is 0 Å². The largest absolute Gasteiger partial charge is 0.346 e. The number of nitrogens with one attached hydrogen (secondary N) is 1. The summed E-state index contributed by atoms with van der Waals surface area (Å²) in [7, 11) is 1.91. The number of rotatable bonds is 2. The van der Waals surface area contributed by atoms with Gasteiger partial charge >= 0.3 is 0 Å². The van der Waals surface area contributed by atoms with Gasteiger partial charge in [-0.2, -0.15) is 5.10 Å². The zero-order valence-corrected chi connectivity index (χ0v) is 9.37. The molecule has 1 amide bonds. The topological polar surface area (TPSA) is 50.2 Å². The summed E-state index contributed by atoms with van der Waals surface area (Å²) in [6.07, 6.45) is 1.02. The summed E-state index contributed by atoms with van der Waals surface area (Å²) in [5.74, 6) is 1.07. The normalized spacial score (nSPS) is 15.1. The Hall–Kier alpha value is -1.52. The van der Waals surface area contributed by atoms with Crippen LogP contribution in [-0.4, -0.2) is 28.8 Å². The zero-order chi connectivity index (χ0) is 11.0. The fraction of sp³-hybridized carbons (Fsp3) is 0.600. The van der Waals surface area contributed by atoms with E-state index < -0.39 is 0 Å². The number of carbonyl (C=O) groups excluding carboxylic acids is 1. The van der Waals surface area contributed by atoms with Crippen LogP contribution in [0, 0.1) is 6.92 Å². The third-order valence-electron chi connectivity index (χ3n) is 2.58. The van der Waals surface area contributed by atoms with Crippen LogP contribution in [0.2, 0.25) is 0 Å². The molecule has 1 aliphatic heterocycles. The predicted molar refractivity (Wildman–Crippen MR) is 59.1 cm³/mol. The van der Waals surface area contributed by atoms with Crippen molar-refractivity contribution in [3.8, 4) is 0 Å². The van der Waals surface area contributed by atoms with Gasteiger partial charge in [-0.3, -0.25) is 9.48 Å². The second-order valence-electron chi connectivity index (χ2n) is 3.88. The average Bonchev–Trinajstić information content (AvgIpc) is 2.42. The highest BCUT2D eigenvalue weighted by atomic mass is 16.2. The maximum absolute atomic E-state index is 11.5. The Morgan fingerprint density at radius 3 is 2.93 bits per heavy atom. The van der Waals surface area contributed by atoms with Gasteiger partial charge in [0.1, 0.15) is 5.69 Å². The summed E-state index contributed by atoms with van der Waals surface area (Å²) < 4.78 is 1.83. The molecule has 2 heterocycles. The van der Waals surface area contributed by atoms with Crippen LogP contribution in [0.5, 0.6) is 0 Å². The standard InChI is InChI=1S/C10H16N4O/c1-4-5-14-6-8(15)11-9-7(2)12-13(3)10(9)14/h4-6H2,1-3H3,(H,11,15). The van der Waals surface area contributed by atoms with Crippen molar-refractivity contribution < 1.29 is 4.79 Å². The molecule has 5 heteroatoms. The van der Waals surface area contributed by atoms with E-state index in [2.05, 4.69) is 22.2 Å². The third kappa shape index (κ3) is 1.58. The first-order valence-corrected chi connectivity index (χ1v) is 5.22. The number of aryl methyl sites for hydroxylation is 2. The number of fused-ring (bicyclic) bond motifs is 1. The number of anilines is 2. The molecular formula is C10H16N4O. The molecule has 82 valence electrons. The van der Waals surface area contributed by atoms with Crippen molar-refractivity contribution in [2.75, 3.05) is 23.3 Å². The van der Waals surface area contributed by atoms with Gasteiger partial charge in [-0.05, 0) is 13.3 Å². The number of hydrogen-bond acceptors (Lipinski definition) is 3. The van der Waals surface area contributed by atoms with Crippen LogP contribution in [0.25, 0.3) is 0 Å². The Labute approximate surface area is 89.1 Å². The van der Waals surface area contributed by atoms with Gasteiger partial charge in [0.05, 0.1) is 12.2 Å². The molecule has 0 spiro atoms. The fourth-order valence-corrected chi connectivity index (χ4v) is 2.04. The van der Waals surface area contributed by atoms with E-state index in [0.717, 1.165) is 30.2 Å². The lowest BCUT2D eigenvalue weighted by Gasteiger charge is -2.28. The minimum atomic E-state index is 0.0482. The molecule has 2 rings (SSSR count). The molecule has 0 fully saturated rings. The molecule has 1 N–H and O–H groups in total. The number of aromatic nitrogens is 2. The molecule has 5 nitrogen and oxygen atoms in total. The fourth-order valence-electron chi connectivity index (χ4n) is 2.04. The van der Waals surface area contributed by atoms with Crippen molar-refractivity contribution in [3.63, 3.8) is 0 Å². The van der Waals surface area contributed by atoms with E-state index in [9.17, 15) is 4.79 Å². The minimum absolute atomic E-state index is 0.0482. The first kappa shape index (κ1) is 10.0. The molecule has 0 aromatic carbocycles. The van der Waals surface area contributed by atoms with Gasteiger partial charge in [-0.1, -0.05) is 6.92 Å². The molecular weight excluding hydrogens is 192 g/mol. The Kier molecular flexibility index (Phi) is 2.38. The first-order valence-electron chi connectivity index (χ1n) is 5.22. The maximum Gasteiger partial charge on any atom is 0.244 e. The molecule has 1 aromatic heterocycles. The van der Waals surface area contributed by atoms with Crippen molar-refractivity contribution >= 4 is 17.4 Å². The highest BCUT2D eigenvalue weighted by Gasteiger charge is 2.26. The zero-order valence-electron chi connectivity index (χ0n) is 9.37. The third-order valence-corrected chi connectivity index (χ3v) is 2.58. The Balaban J connectivity index is 2.44. The number of hydrogen-bond donors (Lipinski definition) is 1.